The topological polar surface area (TPSA) is 57.3 Å². The lowest BCUT2D eigenvalue weighted by Gasteiger charge is -2.18. The van der Waals surface area contributed by atoms with E-state index in [1.165, 1.54) is 4.90 Å². The number of hydrogen-bond donors (Lipinski definition) is 2. The third kappa shape index (κ3) is 5.51. The van der Waals surface area contributed by atoms with Crippen molar-refractivity contribution in [3.8, 4) is 0 Å². The molecule has 1 aromatic heterocycles. The van der Waals surface area contributed by atoms with Gasteiger partial charge in [-0.25, -0.2) is 4.79 Å². The van der Waals surface area contributed by atoms with Crippen LogP contribution in [0.3, 0.4) is 0 Å². The number of aryl methyl sites for hydroxylation is 1. The molecule has 0 bridgehead atoms. The Morgan fingerprint density at radius 2 is 2.23 bits per heavy atom. The highest BCUT2D eigenvalue weighted by Gasteiger charge is 2.34. The number of hydrogen-bond acceptors (Lipinski definition) is 3. The van der Waals surface area contributed by atoms with Gasteiger partial charge >= 0.3 is 12.2 Å². The molecule has 2 heterocycles. The zero-order valence-corrected chi connectivity index (χ0v) is 12.3. The second-order valence-electron chi connectivity index (χ2n) is 5.43. The van der Waals surface area contributed by atoms with Crippen molar-refractivity contribution >= 4 is 6.03 Å². The SMILES string of the molecule is Cc1cccc(CNC(=O)NC2CCN(CC(F)(F)F)C2)n1. The summed E-state index contributed by atoms with van der Waals surface area (Å²) in [6, 6.07) is 4.86. The highest BCUT2D eigenvalue weighted by molar-refractivity contribution is 5.74. The number of pyridine rings is 1. The maximum Gasteiger partial charge on any atom is 0.401 e. The maximum atomic E-state index is 12.3. The molecule has 1 unspecified atom stereocenters. The molecule has 0 saturated carbocycles. The standard InChI is InChI=1S/C14H19F3N4O/c1-10-3-2-4-11(19-10)7-18-13(22)20-12-5-6-21(8-12)9-14(15,16)17/h2-4,12H,5-9H2,1H3,(H2,18,20,22). The molecule has 8 heteroatoms. The van der Waals surface area contributed by atoms with Gasteiger partial charge in [0.1, 0.15) is 0 Å². The van der Waals surface area contributed by atoms with Gasteiger partial charge in [-0.3, -0.25) is 9.88 Å². The predicted octanol–water partition coefficient (Wildman–Crippen LogP) is 1.83. The molecule has 1 atom stereocenters. The maximum absolute atomic E-state index is 12.3. The molecule has 22 heavy (non-hydrogen) atoms. The average molecular weight is 316 g/mol. The van der Waals surface area contributed by atoms with E-state index in [2.05, 4.69) is 15.6 Å². The van der Waals surface area contributed by atoms with E-state index < -0.39 is 12.7 Å². The van der Waals surface area contributed by atoms with E-state index in [9.17, 15) is 18.0 Å². The smallest absolute Gasteiger partial charge is 0.334 e. The first-order valence-corrected chi connectivity index (χ1v) is 7.08. The zero-order valence-electron chi connectivity index (χ0n) is 12.3. The highest BCUT2D eigenvalue weighted by Crippen LogP contribution is 2.19. The van der Waals surface area contributed by atoms with Gasteiger partial charge in [0.2, 0.25) is 0 Å². The molecule has 122 valence electrons. The molecular weight excluding hydrogens is 297 g/mol. The van der Waals surface area contributed by atoms with E-state index in [1.54, 1.807) is 6.07 Å². The summed E-state index contributed by atoms with van der Waals surface area (Å²) in [6.07, 6.45) is -3.68. The Balaban J connectivity index is 1.72. The summed E-state index contributed by atoms with van der Waals surface area (Å²) in [5.41, 5.74) is 1.60. The molecule has 0 aliphatic carbocycles. The zero-order chi connectivity index (χ0) is 16.2. The summed E-state index contributed by atoms with van der Waals surface area (Å²) in [5.74, 6) is 0. The first-order valence-electron chi connectivity index (χ1n) is 7.08. The minimum atomic E-state index is -4.20. The second-order valence-corrected chi connectivity index (χ2v) is 5.43. The minimum Gasteiger partial charge on any atom is -0.334 e. The second kappa shape index (κ2) is 6.95. The number of nitrogens with one attached hydrogen (secondary N) is 2. The summed E-state index contributed by atoms with van der Waals surface area (Å²) < 4.78 is 36.9. The van der Waals surface area contributed by atoms with Crippen molar-refractivity contribution in [3.63, 3.8) is 0 Å². The highest BCUT2D eigenvalue weighted by atomic mass is 19.4. The Kier molecular flexibility index (Phi) is 5.23. The molecule has 1 fully saturated rings. The number of alkyl halides is 3. The molecule has 1 aliphatic rings. The van der Waals surface area contributed by atoms with Gasteiger partial charge in [-0.15, -0.1) is 0 Å². The summed E-state index contributed by atoms with van der Waals surface area (Å²) >= 11 is 0. The minimum absolute atomic E-state index is 0.218. The van der Waals surface area contributed by atoms with Gasteiger partial charge in [0.25, 0.3) is 0 Å². The lowest BCUT2D eigenvalue weighted by Crippen LogP contribution is -2.43. The van der Waals surface area contributed by atoms with Crippen molar-refractivity contribution in [2.45, 2.75) is 32.1 Å². The summed E-state index contributed by atoms with van der Waals surface area (Å²) in [7, 11) is 0. The van der Waals surface area contributed by atoms with Crippen LogP contribution in [0.2, 0.25) is 0 Å². The normalized spacial score (nSPS) is 19.2. The number of carbonyl (C=O) groups is 1. The van der Waals surface area contributed by atoms with Crippen LogP contribution in [0.25, 0.3) is 0 Å². The molecule has 2 amide bonds. The van der Waals surface area contributed by atoms with Crippen molar-refractivity contribution in [1.82, 2.24) is 20.5 Å². The van der Waals surface area contributed by atoms with Gasteiger partial charge in [0.15, 0.2) is 0 Å². The molecule has 0 radical (unpaired) electrons. The van der Waals surface area contributed by atoms with Crippen LogP contribution in [0.4, 0.5) is 18.0 Å². The van der Waals surface area contributed by atoms with E-state index in [1.807, 2.05) is 19.1 Å². The Bertz CT molecular complexity index is 521. The third-order valence-electron chi connectivity index (χ3n) is 3.39. The van der Waals surface area contributed by atoms with E-state index in [4.69, 9.17) is 0 Å². The molecule has 2 rings (SSSR count). The van der Waals surface area contributed by atoms with Crippen LogP contribution >= 0.6 is 0 Å². The van der Waals surface area contributed by atoms with Crippen LogP contribution in [-0.4, -0.2) is 47.8 Å². The van der Waals surface area contributed by atoms with Crippen molar-refractivity contribution in [2.24, 2.45) is 0 Å². The first-order chi connectivity index (χ1) is 10.3. The van der Waals surface area contributed by atoms with Crippen LogP contribution < -0.4 is 10.6 Å². The summed E-state index contributed by atoms with van der Waals surface area (Å²) in [6.45, 7) is 1.77. The Morgan fingerprint density at radius 3 is 2.91 bits per heavy atom. The molecule has 5 nitrogen and oxygen atoms in total. The molecule has 1 aliphatic heterocycles. The number of nitrogens with zero attached hydrogens (tertiary/aromatic N) is 2. The molecule has 0 aromatic carbocycles. The van der Waals surface area contributed by atoms with Crippen molar-refractivity contribution < 1.29 is 18.0 Å². The molecule has 2 N–H and O–H groups in total. The number of rotatable bonds is 4. The van der Waals surface area contributed by atoms with Crippen LogP contribution in [0.15, 0.2) is 18.2 Å². The summed E-state index contributed by atoms with van der Waals surface area (Å²) in [5, 5.41) is 5.36. The number of amides is 2. The largest absolute Gasteiger partial charge is 0.401 e. The molecule has 1 aromatic rings. The van der Waals surface area contributed by atoms with Gasteiger partial charge in [0.05, 0.1) is 18.8 Å². The fourth-order valence-corrected chi connectivity index (χ4v) is 2.45. The third-order valence-corrected chi connectivity index (χ3v) is 3.39. The van der Waals surface area contributed by atoms with E-state index in [0.717, 1.165) is 11.4 Å². The lowest BCUT2D eigenvalue weighted by molar-refractivity contribution is -0.143. The number of aromatic nitrogens is 1. The van der Waals surface area contributed by atoms with Gasteiger partial charge in [0, 0.05) is 24.8 Å². The van der Waals surface area contributed by atoms with Crippen LogP contribution in [0.5, 0.6) is 0 Å². The van der Waals surface area contributed by atoms with E-state index >= 15 is 0 Å². The monoisotopic (exact) mass is 316 g/mol. The van der Waals surface area contributed by atoms with Crippen LogP contribution in [0.1, 0.15) is 17.8 Å². The first kappa shape index (κ1) is 16.5. The number of halogens is 3. The molecule has 0 spiro atoms. The van der Waals surface area contributed by atoms with E-state index in [-0.39, 0.29) is 25.2 Å². The fraction of sp³-hybridized carbons (Fsp3) is 0.571. The van der Waals surface area contributed by atoms with Crippen molar-refractivity contribution in [2.75, 3.05) is 19.6 Å². The van der Waals surface area contributed by atoms with Crippen LogP contribution in [-0.2, 0) is 6.54 Å². The van der Waals surface area contributed by atoms with Gasteiger partial charge < -0.3 is 10.6 Å². The number of urea groups is 1. The van der Waals surface area contributed by atoms with Crippen molar-refractivity contribution in [3.05, 3.63) is 29.6 Å². The van der Waals surface area contributed by atoms with E-state index in [0.29, 0.717) is 13.0 Å². The van der Waals surface area contributed by atoms with Gasteiger partial charge in [-0.1, -0.05) is 6.07 Å². The lowest BCUT2D eigenvalue weighted by atomic mass is 10.3. The Hall–Kier alpha value is -1.83. The van der Waals surface area contributed by atoms with Gasteiger partial charge in [-0.2, -0.15) is 13.2 Å². The number of carbonyl (C=O) groups excluding carboxylic acids is 1. The Labute approximate surface area is 126 Å². The molecular formula is C14H19F3N4O. The quantitative estimate of drug-likeness (QED) is 0.891. The fourth-order valence-electron chi connectivity index (χ4n) is 2.45. The Morgan fingerprint density at radius 1 is 1.45 bits per heavy atom. The van der Waals surface area contributed by atoms with Crippen molar-refractivity contribution in [1.29, 1.82) is 0 Å². The van der Waals surface area contributed by atoms with Gasteiger partial charge in [-0.05, 0) is 25.5 Å². The summed E-state index contributed by atoms with van der Waals surface area (Å²) in [4.78, 5) is 17.3. The molecule has 1 saturated heterocycles. The predicted molar refractivity (Wildman–Crippen MR) is 75.2 cm³/mol. The average Bonchev–Trinajstić information content (AvgIpc) is 2.81. The number of likely N-dealkylation sites (tertiary alicyclic amines) is 1. The van der Waals surface area contributed by atoms with Crippen LogP contribution in [0, 0.1) is 6.92 Å².